The summed E-state index contributed by atoms with van der Waals surface area (Å²) >= 11 is 0. The van der Waals surface area contributed by atoms with E-state index in [2.05, 4.69) is 0 Å². The van der Waals surface area contributed by atoms with Crippen LogP contribution < -0.4 is 0 Å². The Bertz CT molecular complexity index is 729. The minimum absolute atomic E-state index is 0.0269. The van der Waals surface area contributed by atoms with Gasteiger partial charge in [-0.3, -0.25) is 9.59 Å². The Hall–Kier alpha value is -1.83. The summed E-state index contributed by atoms with van der Waals surface area (Å²) in [4.78, 5) is 22.4. The number of halogens is 2. The van der Waals surface area contributed by atoms with Crippen molar-refractivity contribution in [3.05, 3.63) is 29.8 Å². The van der Waals surface area contributed by atoms with E-state index in [1.165, 1.54) is 0 Å². The van der Waals surface area contributed by atoms with Gasteiger partial charge in [-0.15, -0.1) is 0 Å². The van der Waals surface area contributed by atoms with Gasteiger partial charge < -0.3 is 4.74 Å². The van der Waals surface area contributed by atoms with Crippen molar-refractivity contribution >= 4 is 21.6 Å². The van der Waals surface area contributed by atoms with Gasteiger partial charge in [0, 0.05) is 25.7 Å². The van der Waals surface area contributed by atoms with Gasteiger partial charge in [-0.25, -0.2) is 17.2 Å². The summed E-state index contributed by atoms with van der Waals surface area (Å²) < 4.78 is 56.6. The SMILES string of the molecule is CC(=O)OC(C1CCCC(=O)C1)S(=O)(=O)c1ccc(F)c(F)c1. The van der Waals surface area contributed by atoms with Gasteiger partial charge in [0.25, 0.3) is 0 Å². The molecule has 126 valence electrons. The molecular formula is C15H16F2O5S. The maximum Gasteiger partial charge on any atom is 0.303 e. The fourth-order valence-electron chi connectivity index (χ4n) is 2.65. The summed E-state index contributed by atoms with van der Waals surface area (Å²) in [5.74, 6) is -4.12. The van der Waals surface area contributed by atoms with E-state index in [1.807, 2.05) is 0 Å². The van der Waals surface area contributed by atoms with Gasteiger partial charge >= 0.3 is 5.97 Å². The summed E-state index contributed by atoms with van der Waals surface area (Å²) in [6, 6.07) is 2.15. The first-order valence-corrected chi connectivity index (χ1v) is 8.64. The van der Waals surface area contributed by atoms with Gasteiger partial charge in [0.1, 0.15) is 5.78 Å². The quantitative estimate of drug-likeness (QED) is 0.618. The van der Waals surface area contributed by atoms with Gasteiger partial charge in [0.15, 0.2) is 11.6 Å². The lowest BCUT2D eigenvalue weighted by atomic mass is 9.89. The average molecular weight is 346 g/mol. The van der Waals surface area contributed by atoms with E-state index in [0.29, 0.717) is 31.4 Å². The molecule has 1 aliphatic carbocycles. The minimum Gasteiger partial charge on any atom is -0.445 e. The van der Waals surface area contributed by atoms with Crippen LogP contribution in [0.2, 0.25) is 0 Å². The zero-order chi connectivity index (χ0) is 17.2. The van der Waals surface area contributed by atoms with Crippen LogP contribution in [0.4, 0.5) is 8.78 Å². The van der Waals surface area contributed by atoms with Crippen molar-refractivity contribution in [2.75, 3.05) is 0 Å². The van der Waals surface area contributed by atoms with Crippen molar-refractivity contribution in [3.8, 4) is 0 Å². The van der Waals surface area contributed by atoms with E-state index in [4.69, 9.17) is 4.74 Å². The fraction of sp³-hybridized carbons (Fsp3) is 0.467. The highest BCUT2D eigenvalue weighted by Gasteiger charge is 2.40. The topological polar surface area (TPSA) is 77.5 Å². The second kappa shape index (κ2) is 6.74. The van der Waals surface area contributed by atoms with Crippen molar-refractivity contribution in [3.63, 3.8) is 0 Å². The molecule has 5 nitrogen and oxygen atoms in total. The zero-order valence-electron chi connectivity index (χ0n) is 12.4. The Morgan fingerprint density at radius 1 is 1.30 bits per heavy atom. The van der Waals surface area contributed by atoms with E-state index in [9.17, 15) is 26.8 Å². The van der Waals surface area contributed by atoms with Crippen molar-refractivity contribution in [2.45, 2.75) is 42.9 Å². The standard InChI is InChI=1S/C15H16F2O5S/c1-9(18)22-15(10-3-2-4-11(19)7-10)23(20,21)12-5-6-13(16)14(17)8-12/h5-6,8,10,15H,2-4,7H2,1H3. The van der Waals surface area contributed by atoms with Crippen LogP contribution in [-0.2, 0) is 24.2 Å². The highest BCUT2D eigenvalue weighted by Crippen LogP contribution is 2.32. The van der Waals surface area contributed by atoms with Crippen LogP contribution in [0.15, 0.2) is 23.1 Å². The first-order chi connectivity index (χ1) is 10.7. The van der Waals surface area contributed by atoms with Crippen LogP contribution in [0.3, 0.4) is 0 Å². The monoisotopic (exact) mass is 346 g/mol. The zero-order valence-corrected chi connectivity index (χ0v) is 13.2. The number of sulfone groups is 1. The molecular weight excluding hydrogens is 330 g/mol. The molecule has 0 radical (unpaired) electrons. The number of benzene rings is 1. The smallest absolute Gasteiger partial charge is 0.303 e. The number of carbonyl (C=O) groups excluding carboxylic acids is 2. The molecule has 0 saturated heterocycles. The van der Waals surface area contributed by atoms with E-state index in [1.54, 1.807) is 0 Å². The van der Waals surface area contributed by atoms with Crippen LogP contribution in [-0.4, -0.2) is 25.6 Å². The predicted octanol–water partition coefficient (Wildman–Crippen LogP) is 2.39. The molecule has 23 heavy (non-hydrogen) atoms. The average Bonchev–Trinajstić information content (AvgIpc) is 2.47. The molecule has 0 N–H and O–H groups in total. The summed E-state index contributed by atoms with van der Waals surface area (Å²) in [6.45, 7) is 1.05. The lowest BCUT2D eigenvalue weighted by Crippen LogP contribution is -2.37. The van der Waals surface area contributed by atoms with Crippen LogP contribution in [0, 0.1) is 17.6 Å². The highest BCUT2D eigenvalue weighted by molar-refractivity contribution is 7.92. The Kier molecular flexibility index (Phi) is 5.13. The molecule has 0 spiro atoms. The van der Waals surface area contributed by atoms with Gasteiger partial charge in [-0.05, 0) is 31.0 Å². The Labute approximate surface area is 132 Å². The van der Waals surface area contributed by atoms with Gasteiger partial charge in [0.05, 0.1) is 4.90 Å². The lowest BCUT2D eigenvalue weighted by Gasteiger charge is -2.28. The molecule has 0 aliphatic heterocycles. The third kappa shape index (κ3) is 3.93. The molecule has 0 heterocycles. The molecule has 0 amide bonds. The second-order valence-electron chi connectivity index (χ2n) is 5.49. The number of ether oxygens (including phenoxy) is 1. The third-order valence-electron chi connectivity index (χ3n) is 3.71. The molecule has 2 unspecified atom stereocenters. The van der Waals surface area contributed by atoms with Gasteiger partial charge in [0.2, 0.25) is 15.3 Å². The normalized spacial score (nSPS) is 20.1. The third-order valence-corrected chi connectivity index (χ3v) is 5.72. The summed E-state index contributed by atoms with van der Waals surface area (Å²) in [5, 5.41) is 0. The molecule has 0 aromatic heterocycles. The first-order valence-electron chi connectivity index (χ1n) is 7.09. The Morgan fingerprint density at radius 3 is 2.57 bits per heavy atom. The number of esters is 1. The molecule has 8 heteroatoms. The van der Waals surface area contributed by atoms with E-state index in [0.717, 1.165) is 13.0 Å². The van der Waals surface area contributed by atoms with Crippen molar-refractivity contribution in [1.29, 1.82) is 0 Å². The fourth-order valence-corrected chi connectivity index (χ4v) is 4.45. The van der Waals surface area contributed by atoms with Crippen LogP contribution in [0.1, 0.15) is 32.6 Å². The number of ketones is 1. The van der Waals surface area contributed by atoms with Gasteiger partial charge in [-0.1, -0.05) is 0 Å². The number of carbonyl (C=O) groups is 2. The number of hydrogen-bond acceptors (Lipinski definition) is 5. The second-order valence-corrected chi connectivity index (χ2v) is 7.52. The molecule has 1 aromatic carbocycles. The Morgan fingerprint density at radius 2 is 2.00 bits per heavy atom. The molecule has 1 aromatic rings. The highest BCUT2D eigenvalue weighted by atomic mass is 32.2. The molecule has 1 fully saturated rings. The van der Waals surface area contributed by atoms with Crippen molar-refractivity contribution < 1.29 is 31.5 Å². The predicted molar refractivity (Wildman–Crippen MR) is 76.1 cm³/mol. The molecule has 2 rings (SSSR count). The number of hydrogen-bond donors (Lipinski definition) is 0. The number of rotatable bonds is 4. The van der Waals surface area contributed by atoms with Crippen molar-refractivity contribution in [2.24, 2.45) is 5.92 Å². The maximum absolute atomic E-state index is 13.3. The van der Waals surface area contributed by atoms with E-state index in [-0.39, 0.29) is 12.2 Å². The number of Topliss-reactive ketones (excluding diaryl/α,β-unsaturated/α-hetero) is 1. The largest absolute Gasteiger partial charge is 0.445 e. The molecule has 1 aliphatic rings. The minimum atomic E-state index is -4.26. The molecule has 0 bridgehead atoms. The molecule has 1 saturated carbocycles. The summed E-state index contributed by atoms with van der Waals surface area (Å²) in [7, 11) is -4.26. The molecule has 2 atom stereocenters. The Balaban J connectivity index is 2.41. The van der Waals surface area contributed by atoms with Crippen LogP contribution in [0.5, 0.6) is 0 Å². The van der Waals surface area contributed by atoms with Crippen LogP contribution in [0.25, 0.3) is 0 Å². The first kappa shape index (κ1) is 17.5. The maximum atomic E-state index is 13.3. The summed E-state index contributed by atoms with van der Waals surface area (Å²) in [6.07, 6.45) is 1.22. The van der Waals surface area contributed by atoms with Crippen LogP contribution >= 0.6 is 0 Å². The van der Waals surface area contributed by atoms with Crippen molar-refractivity contribution in [1.82, 2.24) is 0 Å². The van der Waals surface area contributed by atoms with E-state index < -0.39 is 43.7 Å². The van der Waals surface area contributed by atoms with E-state index >= 15 is 0 Å². The lowest BCUT2D eigenvalue weighted by molar-refractivity contribution is -0.146. The van der Waals surface area contributed by atoms with Gasteiger partial charge in [-0.2, -0.15) is 0 Å². The summed E-state index contributed by atoms with van der Waals surface area (Å²) in [5.41, 5.74) is -1.59.